The Morgan fingerprint density at radius 3 is 2.77 bits per heavy atom. The van der Waals surface area contributed by atoms with E-state index in [1.807, 2.05) is 32.0 Å². The van der Waals surface area contributed by atoms with E-state index in [2.05, 4.69) is 33.9 Å². The Bertz CT molecular complexity index is 1490. The van der Waals surface area contributed by atoms with Crippen molar-refractivity contribution in [3.05, 3.63) is 70.3 Å². The molecule has 2 aliphatic heterocycles. The third-order valence-corrected chi connectivity index (χ3v) is 12.3. The van der Waals surface area contributed by atoms with E-state index >= 15 is 0 Å². The monoisotopic (exact) mass is 626 g/mol. The fourth-order valence-corrected chi connectivity index (χ4v) is 9.29. The van der Waals surface area contributed by atoms with Gasteiger partial charge in [0.25, 0.3) is 5.91 Å². The molecule has 7 nitrogen and oxygen atoms in total. The van der Waals surface area contributed by atoms with E-state index in [1.54, 1.807) is 6.07 Å². The lowest BCUT2D eigenvalue weighted by atomic mass is 9.68. The number of ether oxygens (including phenoxy) is 2. The second kappa shape index (κ2) is 12.4. The lowest BCUT2D eigenvalue weighted by molar-refractivity contribution is -0.00861. The normalized spacial score (nSPS) is 31.0. The van der Waals surface area contributed by atoms with Crippen molar-refractivity contribution >= 4 is 33.2 Å². The minimum Gasteiger partial charge on any atom is -0.490 e. The number of hydrogen-bond donors (Lipinski definition) is 1. The molecule has 5 atom stereocenters. The van der Waals surface area contributed by atoms with Crippen LogP contribution >= 0.6 is 11.6 Å². The Balaban J connectivity index is 1.42. The van der Waals surface area contributed by atoms with Gasteiger partial charge in [-0.15, -0.1) is 0 Å². The van der Waals surface area contributed by atoms with E-state index in [0.717, 1.165) is 61.7 Å². The molecule has 1 amide bonds. The molecule has 1 fully saturated rings. The van der Waals surface area contributed by atoms with Crippen molar-refractivity contribution in [3.63, 3.8) is 0 Å². The molecule has 43 heavy (non-hydrogen) atoms. The molecule has 1 saturated carbocycles. The highest BCUT2D eigenvalue weighted by molar-refractivity contribution is 7.90. The third-order valence-electron chi connectivity index (χ3n) is 10.1. The molecule has 2 aromatic rings. The summed E-state index contributed by atoms with van der Waals surface area (Å²) in [5.41, 5.74) is 3.51. The summed E-state index contributed by atoms with van der Waals surface area (Å²) in [7, 11) is -3.85. The molecule has 6 rings (SSSR count). The smallest absolute Gasteiger partial charge is 0.264 e. The lowest BCUT2D eigenvalue weighted by Gasteiger charge is -2.46. The van der Waals surface area contributed by atoms with Crippen molar-refractivity contribution in [1.29, 1.82) is 0 Å². The van der Waals surface area contributed by atoms with Crippen LogP contribution in [0.4, 0.5) is 5.69 Å². The van der Waals surface area contributed by atoms with Gasteiger partial charge < -0.3 is 14.4 Å². The van der Waals surface area contributed by atoms with Crippen molar-refractivity contribution < 1.29 is 22.7 Å². The molecular formula is C34H43ClN2O5S. The average molecular weight is 627 g/mol. The molecule has 1 N–H and O–H groups in total. The molecular weight excluding hydrogens is 584 g/mol. The maximum atomic E-state index is 13.4. The first-order valence-corrected chi connectivity index (χ1v) is 17.8. The summed E-state index contributed by atoms with van der Waals surface area (Å²) in [5, 5.41) is 0.0956. The molecule has 232 valence electrons. The van der Waals surface area contributed by atoms with Crippen LogP contribution in [0.25, 0.3) is 0 Å². The van der Waals surface area contributed by atoms with Crippen molar-refractivity contribution in [2.24, 2.45) is 11.8 Å². The quantitative estimate of drug-likeness (QED) is 0.395. The number of halogens is 1. The molecule has 0 unspecified atom stereocenters. The average Bonchev–Trinajstić information content (AvgIpc) is 3.11. The largest absolute Gasteiger partial charge is 0.490 e. The van der Waals surface area contributed by atoms with E-state index in [4.69, 9.17) is 21.1 Å². The van der Waals surface area contributed by atoms with E-state index in [0.29, 0.717) is 49.9 Å². The minimum absolute atomic E-state index is 0.00594. The van der Waals surface area contributed by atoms with E-state index in [1.165, 1.54) is 11.1 Å². The van der Waals surface area contributed by atoms with Crippen LogP contribution in [0.1, 0.15) is 80.3 Å². The maximum absolute atomic E-state index is 13.4. The number of aryl methyl sites for hydroxylation is 1. The summed E-state index contributed by atoms with van der Waals surface area (Å²) in [6.07, 6.45) is 10.9. The Morgan fingerprint density at radius 2 is 2.00 bits per heavy atom. The number of nitrogens with zero attached hydrogens (tertiary/aromatic N) is 1. The lowest BCUT2D eigenvalue weighted by Crippen LogP contribution is -2.49. The number of hydrogen-bond acceptors (Lipinski definition) is 6. The van der Waals surface area contributed by atoms with Gasteiger partial charge >= 0.3 is 0 Å². The SMILES string of the molecule is CCO[C@H]1/C=C\CC[C@@H](CC)S(=O)(=O)NC(=O)c2ccc3c(c2)N(C[C@@H]2CC[C@H]21)C[C@@]1(CCCc2cc(Cl)ccc21)CO3. The van der Waals surface area contributed by atoms with Gasteiger partial charge in [-0.3, -0.25) is 4.79 Å². The molecule has 2 bridgehead atoms. The van der Waals surface area contributed by atoms with E-state index in [9.17, 15) is 13.2 Å². The molecule has 0 aromatic heterocycles. The second-order valence-electron chi connectivity index (χ2n) is 12.7. The van der Waals surface area contributed by atoms with Crippen molar-refractivity contribution in [2.75, 3.05) is 31.2 Å². The number of benzene rings is 2. The van der Waals surface area contributed by atoms with Crippen LogP contribution in [0.5, 0.6) is 5.75 Å². The highest BCUT2D eigenvalue weighted by atomic mass is 35.5. The van der Waals surface area contributed by atoms with Crippen LogP contribution in [-0.4, -0.2) is 52.0 Å². The summed E-state index contributed by atoms with van der Waals surface area (Å²) >= 11 is 6.42. The predicted molar refractivity (Wildman–Crippen MR) is 171 cm³/mol. The number of allylic oxidation sites excluding steroid dienone is 1. The van der Waals surface area contributed by atoms with Crippen molar-refractivity contribution in [2.45, 2.75) is 82.0 Å². The van der Waals surface area contributed by atoms with E-state index < -0.39 is 21.2 Å². The first-order valence-electron chi connectivity index (χ1n) is 15.9. The molecule has 1 spiro atoms. The minimum atomic E-state index is -3.85. The van der Waals surface area contributed by atoms with Gasteiger partial charge in [0.15, 0.2) is 0 Å². The standard InChI is InChI=1S/C34H43ClN2O5S/c1-3-27-9-5-6-10-31(41-4-2)28-14-11-25(28)20-37-21-34(17-7-8-23-18-26(35)13-15-29(23)34)22-42-32-16-12-24(19-30(32)37)33(38)36-43(27,39)40/h6,10,12-13,15-16,18-19,25,27-28,31H,3-5,7-9,11,14,17,20-22H2,1-2H3,(H,36,38)/b10-6-/t25-,27+,28+,31-,34-/m0/s1. The third kappa shape index (κ3) is 6.07. The van der Waals surface area contributed by atoms with Crippen LogP contribution < -0.4 is 14.4 Å². The number of carbonyl (C=O) groups excluding carboxylic acids is 1. The highest BCUT2D eigenvalue weighted by Crippen LogP contribution is 2.47. The first-order chi connectivity index (χ1) is 20.7. The molecule has 0 radical (unpaired) electrons. The fraction of sp³-hybridized carbons (Fsp3) is 0.559. The summed E-state index contributed by atoms with van der Waals surface area (Å²) in [6.45, 7) is 6.59. The molecule has 0 saturated heterocycles. The molecule has 2 aromatic carbocycles. The molecule has 2 aliphatic carbocycles. The van der Waals surface area contributed by atoms with Crippen LogP contribution in [-0.2, 0) is 26.6 Å². The zero-order valence-electron chi connectivity index (χ0n) is 25.2. The Morgan fingerprint density at radius 1 is 1.14 bits per heavy atom. The number of nitrogens with one attached hydrogen (secondary N) is 1. The zero-order chi connectivity index (χ0) is 30.2. The number of anilines is 1. The maximum Gasteiger partial charge on any atom is 0.264 e. The van der Waals surface area contributed by atoms with Gasteiger partial charge in [-0.2, -0.15) is 0 Å². The van der Waals surface area contributed by atoms with E-state index in [-0.39, 0.29) is 11.5 Å². The van der Waals surface area contributed by atoms with Crippen LogP contribution in [0, 0.1) is 11.8 Å². The zero-order valence-corrected chi connectivity index (χ0v) is 26.8. The number of amides is 1. The van der Waals surface area contributed by atoms with Gasteiger partial charge in [-0.25, -0.2) is 13.1 Å². The van der Waals surface area contributed by atoms with Gasteiger partial charge in [0, 0.05) is 35.7 Å². The summed E-state index contributed by atoms with van der Waals surface area (Å²) in [4.78, 5) is 15.8. The fourth-order valence-electron chi connectivity index (χ4n) is 7.67. The van der Waals surface area contributed by atoms with Gasteiger partial charge in [0.2, 0.25) is 10.0 Å². The Labute approximate surface area is 261 Å². The number of fused-ring (bicyclic) bond motifs is 4. The van der Waals surface area contributed by atoms with Crippen LogP contribution in [0.3, 0.4) is 0 Å². The highest BCUT2D eigenvalue weighted by Gasteiger charge is 2.44. The van der Waals surface area contributed by atoms with Crippen molar-refractivity contribution in [1.82, 2.24) is 4.72 Å². The van der Waals surface area contributed by atoms with Gasteiger partial charge in [-0.05, 0) is 112 Å². The number of carbonyl (C=O) groups is 1. The van der Waals surface area contributed by atoms with Gasteiger partial charge in [-0.1, -0.05) is 36.7 Å². The van der Waals surface area contributed by atoms with Crippen LogP contribution in [0.15, 0.2) is 48.6 Å². The summed E-state index contributed by atoms with van der Waals surface area (Å²) in [5.74, 6) is 0.925. The Kier molecular flexibility index (Phi) is 8.82. The first kappa shape index (κ1) is 30.5. The number of rotatable bonds is 3. The predicted octanol–water partition coefficient (Wildman–Crippen LogP) is 6.43. The molecule has 9 heteroatoms. The second-order valence-corrected chi connectivity index (χ2v) is 15.1. The molecule has 2 heterocycles. The van der Waals surface area contributed by atoms with Gasteiger partial charge in [0.05, 0.1) is 23.6 Å². The van der Waals surface area contributed by atoms with Gasteiger partial charge in [0.1, 0.15) is 5.75 Å². The summed E-state index contributed by atoms with van der Waals surface area (Å²) < 4.78 is 41.8. The molecule has 4 aliphatic rings. The topological polar surface area (TPSA) is 84.9 Å². The summed E-state index contributed by atoms with van der Waals surface area (Å²) in [6, 6.07) is 11.6. The Hall–Kier alpha value is -2.55. The number of sulfonamides is 1. The van der Waals surface area contributed by atoms with Crippen LogP contribution in [0.2, 0.25) is 5.02 Å². The van der Waals surface area contributed by atoms with Crippen molar-refractivity contribution in [3.8, 4) is 5.75 Å².